The van der Waals surface area contributed by atoms with E-state index in [1.807, 2.05) is 72.8 Å². The predicted molar refractivity (Wildman–Crippen MR) is 153 cm³/mol. The largest absolute Gasteiger partial charge is 0.465 e. The van der Waals surface area contributed by atoms with Gasteiger partial charge in [0, 0.05) is 6.04 Å². The molecule has 0 aromatic heterocycles. The molecule has 1 aliphatic rings. The summed E-state index contributed by atoms with van der Waals surface area (Å²) in [5, 5.41) is 3.21. The Morgan fingerprint density at radius 1 is 0.850 bits per heavy atom. The van der Waals surface area contributed by atoms with Crippen molar-refractivity contribution in [1.82, 2.24) is 10.2 Å². The van der Waals surface area contributed by atoms with Gasteiger partial charge in [0.25, 0.3) is 0 Å². The third-order valence-electron chi connectivity index (χ3n) is 7.25. The minimum atomic E-state index is -0.712. The summed E-state index contributed by atoms with van der Waals surface area (Å²) in [6.45, 7) is 3.74. The highest BCUT2D eigenvalue weighted by Gasteiger charge is 2.35. The molecule has 4 rings (SSSR count). The minimum Gasteiger partial charge on any atom is -0.465 e. The Hall–Kier alpha value is -3.97. The van der Waals surface area contributed by atoms with Crippen molar-refractivity contribution in [3.63, 3.8) is 0 Å². The Morgan fingerprint density at radius 2 is 1.43 bits per heavy atom. The van der Waals surface area contributed by atoms with E-state index in [2.05, 4.69) is 17.4 Å². The number of fused-ring (bicyclic) bond motifs is 1. The number of carbonyl (C=O) groups excluding carboxylic acids is 3. The van der Waals surface area contributed by atoms with Crippen LogP contribution in [-0.2, 0) is 49.7 Å². The van der Waals surface area contributed by atoms with E-state index >= 15 is 0 Å². The fraction of sp³-hybridized carbons (Fsp3) is 0.364. The maximum absolute atomic E-state index is 13.9. The number of amides is 1. The topological polar surface area (TPSA) is 84.9 Å². The Kier molecular flexibility index (Phi) is 10.5. The summed E-state index contributed by atoms with van der Waals surface area (Å²) in [5.74, 6) is -1.10. The highest BCUT2D eigenvalue weighted by molar-refractivity contribution is 5.87. The van der Waals surface area contributed by atoms with E-state index in [4.69, 9.17) is 9.47 Å². The lowest BCUT2D eigenvalue weighted by atomic mass is 10.0. The van der Waals surface area contributed by atoms with Crippen LogP contribution >= 0.6 is 0 Å². The molecule has 0 heterocycles. The molecule has 1 amide bonds. The second-order valence-electron chi connectivity index (χ2n) is 10.2. The number of aryl methyl sites for hydroxylation is 1. The average molecular weight is 543 g/mol. The summed E-state index contributed by atoms with van der Waals surface area (Å²) in [7, 11) is 0. The van der Waals surface area contributed by atoms with Crippen LogP contribution in [0.1, 0.15) is 42.5 Å². The SMILES string of the molecule is CCOC(=O)C(CCc1ccccc1)N[C@@H](C)C(=O)N(CC(=O)OCc1ccccc1)C1Cc2ccccc2C1. The Labute approximate surface area is 236 Å². The smallest absolute Gasteiger partial charge is 0.325 e. The number of rotatable bonds is 13. The molecule has 0 radical (unpaired) electrons. The average Bonchev–Trinajstić information content (AvgIpc) is 3.41. The van der Waals surface area contributed by atoms with Crippen molar-refractivity contribution in [2.75, 3.05) is 13.2 Å². The summed E-state index contributed by atoms with van der Waals surface area (Å²) in [4.78, 5) is 41.3. The Bertz CT molecular complexity index is 1240. The molecule has 2 atom stereocenters. The first-order valence-electron chi connectivity index (χ1n) is 14.0. The molecule has 0 spiro atoms. The van der Waals surface area contributed by atoms with Crippen LogP contribution < -0.4 is 5.32 Å². The molecule has 40 heavy (non-hydrogen) atoms. The summed E-state index contributed by atoms with van der Waals surface area (Å²) in [5.41, 5.74) is 4.34. The molecule has 1 aliphatic carbocycles. The van der Waals surface area contributed by atoms with Crippen LogP contribution in [0.25, 0.3) is 0 Å². The van der Waals surface area contributed by atoms with E-state index in [0.717, 1.165) is 11.1 Å². The lowest BCUT2D eigenvalue weighted by Crippen LogP contribution is -2.55. The van der Waals surface area contributed by atoms with E-state index in [0.29, 0.717) is 25.7 Å². The predicted octanol–water partition coefficient (Wildman–Crippen LogP) is 4.27. The molecule has 0 fully saturated rings. The van der Waals surface area contributed by atoms with Crippen LogP contribution in [0.4, 0.5) is 0 Å². The van der Waals surface area contributed by atoms with Crippen molar-refractivity contribution in [2.45, 2.75) is 64.3 Å². The normalized spacial score (nSPS) is 14.2. The van der Waals surface area contributed by atoms with E-state index in [1.165, 1.54) is 11.1 Å². The van der Waals surface area contributed by atoms with Gasteiger partial charge in [0.2, 0.25) is 5.91 Å². The van der Waals surface area contributed by atoms with Crippen molar-refractivity contribution in [3.8, 4) is 0 Å². The van der Waals surface area contributed by atoms with Crippen molar-refractivity contribution in [3.05, 3.63) is 107 Å². The number of hydrogen-bond donors (Lipinski definition) is 1. The fourth-order valence-electron chi connectivity index (χ4n) is 5.16. The third kappa shape index (κ3) is 8.02. The monoisotopic (exact) mass is 542 g/mol. The van der Waals surface area contributed by atoms with E-state index in [1.54, 1.807) is 18.7 Å². The summed E-state index contributed by atoms with van der Waals surface area (Å²) < 4.78 is 10.9. The Morgan fingerprint density at radius 3 is 2.02 bits per heavy atom. The zero-order chi connectivity index (χ0) is 28.3. The zero-order valence-electron chi connectivity index (χ0n) is 23.3. The van der Waals surface area contributed by atoms with Crippen LogP contribution in [0.5, 0.6) is 0 Å². The maximum atomic E-state index is 13.9. The molecular formula is C33H38N2O5. The first kappa shape index (κ1) is 29.0. The molecule has 1 unspecified atom stereocenters. The van der Waals surface area contributed by atoms with E-state index in [-0.39, 0.29) is 37.7 Å². The lowest BCUT2D eigenvalue weighted by molar-refractivity contribution is -0.153. The second-order valence-corrected chi connectivity index (χ2v) is 10.2. The highest BCUT2D eigenvalue weighted by Crippen LogP contribution is 2.26. The van der Waals surface area contributed by atoms with Crippen LogP contribution in [-0.4, -0.2) is 54.0 Å². The van der Waals surface area contributed by atoms with Gasteiger partial charge in [-0.25, -0.2) is 0 Å². The van der Waals surface area contributed by atoms with Gasteiger partial charge in [0.1, 0.15) is 19.2 Å². The van der Waals surface area contributed by atoms with Gasteiger partial charge in [-0.3, -0.25) is 19.7 Å². The molecule has 0 saturated carbocycles. The van der Waals surface area contributed by atoms with Crippen molar-refractivity contribution in [2.24, 2.45) is 0 Å². The molecular weight excluding hydrogens is 504 g/mol. The first-order chi connectivity index (χ1) is 19.4. The molecule has 0 aliphatic heterocycles. The Balaban J connectivity index is 1.46. The zero-order valence-corrected chi connectivity index (χ0v) is 23.3. The summed E-state index contributed by atoms with van der Waals surface area (Å²) in [6, 6.07) is 25.9. The van der Waals surface area contributed by atoms with Gasteiger partial charge in [-0.15, -0.1) is 0 Å². The molecule has 0 saturated heterocycles. The van der Waals surface area contributed by atoms with Crippen LogP contribution in [0, 0.1) is 0 Å². The van der Waals surface area contributed by atoms with E-state index < -0.39 is 18.1 Å². The molecule has 3 aromatic rings. The van der Waals surface area contributed by atoms with Gasteiger partial charge in [-0.1, -0.05) is 84.9 Å². The number of esters is 2. The van der Waals surface area contributed by atoms with Gasteiger partial charge in [0.05, 0.1) is 12.6 Å². The number of nitrogens with zero attached hydrogens (tertiary/aromatic N) is 1. The molecule has 210 valence electrons. The molecule has 7 nitrogen and oxygen atoms in total. The van der Waals surface area contributed by atoms with Gasteiger partial charge < -0.3 is 14.4 Å². The van der Waals surface area contributed by atoms with Gasteiger partial charge >= 0.3 is 11.9 Å². The molecule has 7 heteroatoms. The number of carbonyl (C=O) groups is 3. The third-order valence-corrected chi connectivity index (χ3v) is 7.25. The molecule has 3 aromatic carbocycles. The number of benzene rings is 3. The fourth-order valence-corrected chi connectivity index (χ4v) is 5.16. The minimum absolute atomic E-state index is 0.144. The van der Waals surface area contributed by atoms with Crippen molar-refractivity contribution >= 4 is 17.8 Å². The summed E-state index contributed by atoms with van der Waals surface area (Å²) in [6.07, 6.45) is 2.46. The lowest BCUT2D eigenvalue weighted by Gasteiger charge is -2.32. The van der Waals surface area contributed by atoms with Crippen LogP contribution in [0.2, 0.25) is 0 Å². The number of ether oxygens (including phenoxy) is 2. The highest BCUT2D eigenvalue weighted by atomic mass is 16.5. The number of hydrogen-bond acceptors (Lipinski definition) is 6. The molecule has 0 bridgehead atoms. The quantitative estimate of drug-likeness (QED) is 0.325. The van der Waals surface area contributed by atoms with Crippen molar-refractivity contribution in [1.29, 1.82) is 0 Å². The van der Waals surface area contributed by atoms with Crippen LogP contribution in [0.3, 0.4) is 0 Å². The van der Waals surface area contributed by atoms with Gasteiger partial charge in [-0.05, 0) is 61.8 Å². The van der Waals surface area contributed by atoms with Crippen molar-refractivity contribution < 1.29 is 23.9 Å². The standard InChI is InChI=1S/C33H38N2O5/c1-3-39-33(38)30(19-18-25-12-6-4-7-13-25)34-24(2)32(37)35(29-20-27-16-10-11-17-28(27)21-29)22-31(36)40-23-26-14-8-5-9-15-26/h4-17,24,29-30,34H,3,18-23H2,1-2H3/t24-,30?/m0/s1. The number of nitrogens with one attached hydrogen (secondary N) is 1. The summed E-state index contributed by atoms with van der Waals surface area (Å²) >= 11 is 0. The molecule has 1 N–H and O–H groups in total. The van der Waals surface area contributed by atoms with Crippen LogP contribution in [0.15, 0.2) is 84.9 Å². The van der Waals surface area contributed by atoms with Gasteiger partial charge in [-0.2, -0.15) is 0 Å². The van der Waals surface area contributed by atoms with Gasteiger partial charge in [0.15, 0.2) is 0 Å². The first-order valence-corrected chi connectivity index (χ1v) is 14.0. The maximum Gasteiger partial charge on any atom is 0.325 e. The van der Waals surface area contributed by atoms with E-state index in [9.17, 15) is 14.4 Å². The second kappa shape index (κ2) is 14.4.